The Bertz CT molecular complexity index is 731. The zero-order chi connectivity index (χ0) is 24.4. The molecule has 0 fully saturated rings. The lowest BCUT2D eigenvalue weighted by molar-refractivity contribution is -0.138. The minimum atomic E-state index is -0.187. The molecule has 0 N–H and O–H groups in total. The van der Waals surface area contributed by atoms with Crippen LogP contribution < -0.4 is 0 Å². The van der Waals surface area contributed by atoms with E-state index in [0.29, 0.717) is 13.0 Å². The van der Waals surface area contributed by atoms with Crippen LogP contribution in [-0.4, -0.2) is 12.6 Å². The van der Waals surface area contributed by atoms with Gasteiger partial charge in [0.05, 0.1) is 6.61 Å². The normalized spacial score (nSPS) is 13.1. The monoisotopic (exact) mass is 440 g/mol. The van der Waals surface area contributed by atoms with Crippen LogP contribution in [0.5, 0.6) is 0 Å². The van der Waals surface area contributed by atoms with Gasteiger partial charge in [-0.15, -0.1) is 0 Å². The highest BCUT2D eigenvalue weighted by molar-refractivity contribution is 5.90. The number of esters is 1. The highest BCUT2D eigenvalue weighted by Crippen LogP contribution is 2.21. The number of unbranched alkanes of at least 4 members (excludes halogenated alkanes) is 1. The number of ether oxygens (including phenoxy) is 1. The van der Waals surface area contributed by atoms with Gasteiger partial charge in [-0.25, -0.2) is 4.79 Å². The first-order valence-electron chi connectivity index (χ1n) is 12.3. The standard InChI is InChI=1S/C30H48O2/c1-9-11-12-19-28(22-20-26(7)17-13-15-24(3)4)29(30(31)32-10-2)23-21-27(8)18-14-16-25(5)6/h12,15-16,19-21H,9-11,13-14,17-18,22-23H2,1-8H3/b19-12?,26-20+,27-21+,29-28?. The van der Waals surface area contributed by atoms with Crippen LogP contribution in [0.4, 0.5) is 0 Å². The Balaban J connectivity index is 5.75. The number of rotatable bonds is 15. The Morgan fingerprint density at radius 1 is 0.719 bits per heavy atom. The van der Waals surface area contributed by atoms with Gasteiger partial charge in [0.15, 0.2) is 0 Å². The molecule has 0 aromatic heterocycles. The fraction of sp³-hybridized carbons (Fsp3) is 0.567. The highest BCUT2D eigenvalue weighted by atomic mass is 16.5. The van der Waals surface area contributed by atoms with Crippen molar-refractivity contribution >= 4 is 5.97 Å². The van der Waals surface area contributed by atoms with Crippen LogP contribution in [0, 0.1) is 0 Å². The molecule has 0 saturated heterocycles. The molecule has 2 heteroatoms. The van der Waals surface area contributed by atoms with E-state index in [1.165, 1.54) is 22.3 Å². The van der Waals surface area contributed by atoms with Crippen molar-refractivity contribution in [2.75, 3.05) is 6.61 Å². The molecule has 0 aromatic rings. The molecule has 0 aliphatic rings. The summed E-state index contributed by atoms with van der Waals surface area (Å²) in [6.45, 7) is 17.3. The van der Waals surface area contributed by atoms with Gasteiger partial charge < -0.3 is 4.74 Å². The van der Waals surface area contributed by atoms with Gasteiger partial charge in [-0.05, 0) is 99.0 Å². The lowest BCUT2D eigenvalue weighted by atomic mass is 9.97. The second-order valence-corrected chi connectivity index (χ2v) is 9.06. The Kier molecular flexibility index (Phi) is 17.3. The fourth-order valence-electron chi connectivity index (χ4n) is 3.19. The first kappa shape index (κ1) is 29.9. The van der Waals surface area contributed by atoms with Crippen molar-refractivity contribution < 1.29 is 9.53 Å². The van der Waals surface area contributed by atoms with Gasteiger partial charge in [0.2, 0.25) is 0 Å². The second-order valence-electron chi connectivity index (χ2n) is 9.06. The number of carbonyl (C=O) groups excluding carboxylic acids is 1. The van der Waals surface area contributed by atoms with E-state index in [1.54, 1.807) is 0 Å². The van der Waals surface area contributed by atoms with Gasteiger partial charge in [0.25, 0.3) is 0 Å². The minimum absolute atomic E-state index is 0.187. The summed E-state index contributed by atoms with van der Waals surface area (Å²) in [6.07, 6.45) is 21.0. The summed E-state index contributed by atoms with van der Waals surface area (Å²) in [5.74, 6) is -0.187. The molecule has 0 saturated carbocycles. The molecule has 0 atom stereocenters. The third kappa shape index (κ3) is 15.7. The van der Waals surface area contributed by atoms with Crippen molar-refractivity contribution in [2.24, 2.45) is 0 Å². The topological polar surface area (TPSA) is 26.3 Å². The number of hydrogen-bond donors (Lipinski definition) is 0. The Morgan fingerprint density at radius 2 is 1.25 bits per heavy atom. The molecule has 0 aliphatic heterocycles. The molecule has 0 aromatic carbocycles. The lowest BCUT2D eigenvalue weighted by Crippen LogP contribution is -2.10. The van der Waals surface area contributed by atoms with E-state index in [1.807, 2.05) is 6.92 Å². The molecular weight excluding hydrogens is 392 g/mol. The van der Waals surface area contributed by atoms with Gasteiger partial charge in [-0.2, -0.15) is 0 Å². The summed E-state index contributed by atoms with van der Waals surface area (Å²) in [6, 6.07) is 0. The maximum atomic E-state index is 12.8. The molecule has 0 radical (unpaired) electrons. The largest absolute Gasteiger partial charge is 0.463 e. The van der Waals surface area contributed by atoms with Gasteiger partial charge in [-0.3, -0.25) is 0 Å². The van der Waals surface area contributed by atoms with Crippen molar-refractivity contribution in [2.45, 2.75) is 107 Å². The molecule has 180 valence electrons. The maximum Gasteiger partial charge on any atom is 0.334 e. The summed E-state index contributed by atoms with van der Waals surface area (Å²) in [7, 11) is 0. The zero-order valence-corrected chi connectivity index (χ0v) is 22.1. The summed E-state index contributed by atoms with van der Waals surface area (Å²) >= 11 is 0. The maximum absolute atomic E-state index is 12.8. The van der Waals surface area contributed by atoms with Crippen LogP contribution in [0.2, 0.25) is 0 Å². The van der Waals surface area contributed by atoms with E-state index in [-0.39, 0.29) is 5.97 Å². The first-order chi connectivity index (χ1) is 15.2. The zero-order valence-electron chi connectivity index (χ0n) is 22.1. The van der Waals surface area contributed by atoms with Crippen molar-refractivity contribution in [3.05, 3.63) is 69.9 Å². The van der Waals surface area contributed by atoms with Gasteiger partial charge >= 0.3 is 5.97 Å². The Hall–Kier alpha value is -2.09. The number of hydrogen-bond acceptors (Lipinski definition) is 2. The SMILES string of the molecule is CCCC=CC(C/C=C(\C)CCC=C(C)C)=C(C/C=C(\C)CCC=C(C)C)C(=O)OCC. The molecule has 0 aliphatic carbocycles. The predicted octanol–water partition coefficient (Wildman–Crippen LogP) is 9.37. The number of carbonyl (C=O) groups is 1. The molecule has 0 heterocycles. The summed E-state index contributed by atoms with van der Waals surface area (Å²) in [5, 5.41) is 0. The van der Waals surface area contributed by atoms with Crippen LogP contribution in [0.3, 0.4) is 0 Å². The second kappa shape index (κ2) is 18.5. The van der Waals surface area contributed by atoms with Crippen LogP contribution in [-0.2, 0) is 9.53 Å². The van der Waals surface area contributed by atoms with E-state index in [0.717, 1.165) is 56.1 Å². The molecule has 32 heavy (non-hydrogen) atoms. The van der Waals surface area contributed by atoms with Crippen molar-refractivity contribution in [1.29, 1.82) is 0 Å². The quantitative estimate of drug-likeness (QED) is 0.110. The van der Waals surface area contributed by atoms with Crippen LogP contribution in [0.15, 0.2) is 69.9 Å². The smallest absolute Gasteiger partial charge is 0.334 e. The van der Waals surface area contributed by atoms with Crippen molar-refractivity contribution in [3.63, 3.8) is 0 Å². The van der Waals surface area contributed by atoms with E-state index < -0.39 is 0 Å². The fourth-order valence-corrected chi connectivity index (χ4v) is 3.19. The molecule has 0 rings (SSSR count). The van der Waals surface area contributed by atoms with E-state index in [2.05, 4.69) is 84.9 Å². The first-order valence-corrected chi connectivity index (χ1v) is 12.3. The van der Waals surface area contributed by atoms with Crippen molar-refractivity contribution in [3.8, 4) is 0 Å². The Labute approximate surface area is 198 Å². The molecule has 2 nitrogen and oxygen atoms in total. The third-order valence-electron chi connectivity index (χ3n) is 5.19. The van der Waals surface area contributed by atoms with Crippen LogP contribution in [0.25, 0.3) is 0 Å². The Morgan fingerprint density at radius 3 is 1.72 bits per heavy atom. The van der Waals surface area contributed by atoms with E-state index >= 15 is 0 Å². The van der Waals surface area contributed by atoms with Gasteiger partial charge in [0.1, 0.15) is 0 Å². The summed E-state index contributed by atoms with van der Waals surface area (Å²) < 4.78 is 5.44. The predicted molar refractivity (Wildman–Crippen MR) is 142 cm³/mol. The van der Waals surface area contributed by atoms with E-state index in [9.17, 15) is 4.79 Å². The molecule has 0 amide bonds. The van der Waals surface area contributed by atoms with Crippen LogP contribution >= 0.6 is 0 Å². The van der Waals surface area contributed by atoms with E-state index in [4.69, 9.17) is 4.74 Å². The van der Waals surface area contributed by atoms with Crippen molar-refractivity contribution in [1.82, 2.24) is 0 Å². The lowest BCUT2D eigenvalue weighted by Gasteiger charge is -2.11. The van der Waals surface area contributed by atoms with Gasteiger partial charge in [0, 0.05) is 5.57 Å². The average Bonchev–Trinajstić information content (AvgIpc) is 2.71. The molecule has 0 unspecified atom stereocenters. The van der Waals surface area contributed by atoms with Crippen LogP contribution in [0.1, 0.15) is 107 Å². The summed E-state index contributed by atoms with van der Waals surface area (Å²) in [4.78, 5) is 12.8. The molecule has 0 spiro atoms. The van der Waals surface area contributed by atoms with Gasteiger partial charge in [-0.1, -0.05) is 72.1 Å². The highest BCUT2D eigenvalue weighted by Gasteiger charge is 2.14. The molecular formula is C30H48O2. The third-order valence-corrected chi connectivity index (χ3v) is 5.19. The number of allylic oxidation sites excluding steroid dienone is 11. The summed E-state index contributed by atoms with van der Waals surface area (Å²) in [5.41, 5.74) is 7.24. The minimum Gasteiger partial charge on any atom is -0.463 e. The molecule has 0 bridgehead atoms. The average molecular weight is 441 g/mol.